The normalized spacial score (nSPS) is 14.7. The van der Waals surface area contributed by atoms with E-state index < -0.39 is 5.91 Å². The van der Waals surface area contributed by atoms with Crippen molar-refractivity contribution in [3.8, 4) is 0 Å². The lowest BCUT2D eigenvalue weighted by molar-refractivity contribution is 0.0997. The minimum absolute atomic E-state index is 0.0750. The maximum Gasteiger partial charge on any atom is 0.270 e. The van der Waals surface area contributed by atoms with Crippen LogP contribution in [0.5, 0.6) is 0 Å². The molecule has 27 heavy (non-hydrogen) atoms. The van der Waals surface area contributed by atoms with E-state index in [9.17, 15) is 9.59 Å². The summed E-state index contributed by atoms with van der Waals surface area (Å²) in [5, 5.41) is 6.70. The van der Waals surface area contributed by atoms with E-state index in [0.29, 0.717) is 22.2 Å². The summed E-state index contributed by atoms with van der Waals surface area (Å²) >= 11 is 1.20. The van der Waals surface area contributed by atoms with Crippen molar-refractivity contribution in [3.05, 3.63) is 41.1 Å². The number of hydrogen-bond donors (Lipinski definition) is 3. The molecule has 1 aliphatic rings. The third kappa shape index (κ3) is 5.05. The molecule has 0 aliphatic carbocycles. The van der Waals surface area contributed by atoms with Gasteiger partial charge in [0, 0.05) is 18.7 Å². The molecular weight excluding hydrogens is 362 g/mol. The molecule has 2 amide bonds. The molecule has 2 aromatic rings. The van der Waals surface area contributed by atoms with Crippen LogP contribution in [0, 0.1) is 0 Å². The van der Waals surface area contributed by atoms with Crippen LogP contribution in [0.2, 0.25) is 0 Å². The smallest absolute Gasteiger partial charge is 0.270 e. The summed E-state index contributed by atoms with van der Waals surface area (Å²) in [6, 6.07) is 7.58. The molecule has 8 heteroatoms. The van der Waals surface area contributed by atoms with Gasteiger partial charge in [-0.05, 0) is 50.6 Å². The van der Waals surface area contributed by atoms with Crippen molar-refractivity contribution in [2.45, 2.75) is 32.7 Å². The molecule has 7 nitrogen and oxygen atoms in total. The van der Waals surface area contributed by atoms with Crippen LogP contribution >= 0.6 is 11.3 Å². The Morgan fingerprint density at radius 1 is 1.19 bits per heavy atom. The zero-order chi connectivity index (χ0) is 19.2. The molecule has 1 aromatic heterocycles. The van der Waals surface area contributed by atoms with Gasteiger partial charge >= 0.3 is 0 Å². The van der Waals surface area contributed by atoms with E-state index in [2.05, 4.69) is 20.5 Å². The number of nitrogens with two attached hydrogens (primary N) is 1. The van der Waals surface area contributed by atoms with E-state index in [1.807, 2.05) is 31.2 Å². The monoisotopic (exact) mass is 387 g/mol. The summed E-state index contributed by atoms with van der Waals surface area (Å²) < 4.78 is 0. The van der Waals surface area contributed by atoms with Crippen LogP contribution in [-0.4, -0.2) is 41.3 Å². The largest absolute Gasteiger partial charge is 0.364 e. The molecule has 1 fully saturated rings. The molecule has 0 spiro atoms. The summed E-state index contributed by atoms with van der Waals surface area (Å²) in [5.41, 5.74) is 7.17. The number of carbonyl (C=O) groups is 2. The number of amides is 2. The van der Waals surface area contributed by atoms with Crippen LogP contribution in [0.4, 0.5) is 10.1 Å². The van der Waals surface area contributed by atoms with Gasteiger partial charge in [0.05, 0.1) is 0 Å². The predicted molar refractivity (Wildman–Crippen MR) is 108 cm³/mol. The van der Waals surface area contributed by atoms with Gasteiger partial charge in [0.1, 0.15) is 5.00 Å². The second-order valence-corrected chi connectivity index (χ2v) is 7.58. The Kier molecular flexibility index (Phi) is 6.41. The van der Waals surface area contributed by atoms with Gasteiger partial charge in [-0.15, -0.1) is 0 Å². The first-order valence-corrected chi connectivity index (χ1v) is 10.1. The zero-order valence-corrected chi connectivity index (χ0v) is 16.3. The van der Waals surface area contributed by atoms with E-state index in [1.165, 1.54) is 36.2 Å². The lowest BCUT2D eigenvalue weighted by Gasteiger charge is -2.26. The predicted octanol–water partition coefficient (Wildman–Crippen LogP) is 2.91. The van der Waals surface area contributed by atoms with Crippen LogP contribution in [0.3, 0.4) is 0 Å². The fraction of sp³-hybridized carbons (Fsp3) is 0.421. The van der Waals surface area contributed by atoms with Gasteiger partial charge in [-0.3, -0.25) is 14.5 Å². The summed E-state index contributed by atoms with van der Waals surface area (Å²) in [5.74, 6) is -0.948. The fourth-order valence-electron chi connectivity index (χ4n) is 3.11. The van der Waals surface area contributed by atoms with Crippen LogP contribution < -0.4 is 16.4 Å². The summed E-state index contributed by atoms with van der Waals surface area (Å²) in [6.07, 6.45) is 3.83. The summed E-state index contributed by atoms with van der Waals surface area (Å²) in [7, 11) is 0. The quantitative estimate of drug-likeness (QED) is 0.678. The topological polar surface area (TPSA) is 100 Å². The minimum atomic E-state index is -0.664. The number of likely N-dealkylation sites (tertiary alicyclic amines) is 1. The standard InChI is InChI=1S/C19H25N5O2S/c1-2-21-19-22-15(16(20)25)18(27-19)23-17(26)14-8-6-13(7-9-14)12-24-10-4-3-5-11-24/h6-9H,2-5,10-12H2,1H3,(H2,20,25)(H,21,22)(H,23,26). The molecule has 2 heterocycles. The summed E-state index contributed by atoms with van der Waals surface area (Å²) in [4.78, 5) is 30.7. The highest BCUT2D eigenvalue weighted by Crippen LogP contribution is 2.28. The lowest BCUT2D eigenvalue weighted by Crippen LogP contribution is -2.29. The Hall–Kier alpha value is -2.45. The van der Waals surface area contributed by atoms with Crippen molar-refractivity contribution in [1.82, 2.24) is 9.88 Å². The van der Waals surface area contributed by atoms with E-state index in [4.69, 9.17) is 5.73 Å². The van der Waals surface area contributed by atoms with Gasteiger partial charge in [-0.25, -0.2) is 4.98 Å². The Morgan fingerprint density at radius 3 is 2.52 bits per heavy atom. The Balaban J connectivity index is 1.66. The second-order valence-electron chi connectivity index (χ2n) is 6.58. The van der Waals surface area contributed by atoms with Gasteiger partial charge in [0.15, 0.2) is 10.8 Å². The number of benzene rings is 1. The van der Waals surface area contributed by atoms with Crippen molar-refractivity contribution in [2.75, 3.05) is 30.3 Å². The molecule has 1 saturated heterocycles. The van der Waals surface area contributed by atoms with Crippen molar-refractivity contribution in [1.29, 1.82) is 0 Å². The van der Waals surface area contributed by atoms with Gasteiger partial charge in [-0.1, -0.05) is 29.9 Å². The number of piperidine rings is 1. The van der Waals surface area contributed by atoms with Gasteiger partial charge in [-0.2, -0.15) is 0 Å². The molecule has 1 aliphatic heterocycles. The minimum Gasteiger partial charge on any atom is -0.364 e. The fourth-order valence-corrected chi connectivity index (χ4v) is 4.04. The van der Waals surface area contributed by atoms with Crippen molar-refractivity contribution in [2.24, 2.45) is 5.73 Å². The molecule has 4 N–H and O–H groups in total. The van der Waals surface area contributed by atoms with Gasteiger partial charge in [0.2, 0.25) is 0 Å². The molecule has 0 bridgehead atoms. The molecule has 0 unspecified atom stereocenters. The van der Waals surface area contributed by atoms with Crippen LogP contribution in [0.15, 0.2) is 24.3 Å². The molecule has 0 atom stereocenters. The highest BCUT2D eigenvalue weighted by molar-refractivity contribution is 7.20. The third-order valence-electron chi connectivity index (χ3n) is 4.49. The lowest BCUT2D eigenvalue weighted by atomic mass is 10.1. The number of primary amides is 1. The van der Waals surface area contributed by atoms with Crippen molar-refractivity contribution >= 4 is 33.3 Å². The molecule has 1 aromatic carbocycles. The Morgan fingerprint density at radius 2 is 1.89 bits per heavy atom. The molecule has 0 saturated carbocycles. The average Bonchev–Trinajstić information content (AvgIpc) is 3.06. The first kappa shape index (κ1) is 19.3. The summed E-state index contributed by atoms with van der Waals surface area (Å²) in [6.45, 7) is 5.77. The maximum absolute atomic E-state index is 12.5. The number of thiazole rings is 1. The molecule has 3 rings (SSSR count). The first-order valence-electron chi connectivity index (χ1n) is 9.24. The highest BCUT2D eigenvalue weighted by atomic mass is 32.1. The number of carbonyl (C=O) groups excluding carboxylic acids is 2. The van der Waals surface area contributed by atoms with Crippen LogP contribution in [-0.2, 0) is 6.54 Å². The van der Waals surface area contributed by atoms with Crippen LogP contribution in [0.25, 0.3) is 0 Å². The average molecular weight is 388 g/mol. The number of anilines is 2. The first-order chi connectivity index (χ1) is 13.1. The highest BCUT2D eigenvalue weighted by Gasteiger charge is 2.18. The number of hydrogen-bond acceptors (Lipinski definition) is 6. The number of aromatic nitrogens is 1. The van der Waals surface area contributed by atoms with Crippen LogP contribution in [0.1, 0.15) is 52.6 Å². The maximum atomic E-state index is 12.5. The molecular formula is C19H25N5O2S. The Labute approximate surface area is 163 Å². The van der Waals surface area contributed by atoms with Crippen molar-refractivity contribution in [3.63, 3.8) is 0 Å². The SMILES string of the molecule is CCNc1nc(C(N)=O)c(NC(=O)c2ccc(CN3CCCCC3)cc2)s1. The van der Waals surface area contributed by atoms with E-state index >= 15 is 0 Å². The van der Waals surface area contributed by atoms with E-state index in [1.54, 1.807) is 0 Å². The number of nitrogens with zero attached hydrogens (tertiary/aromatic N) is 2. The van der Waals surface area contributed by atoms with Gasteiger partial charge in [0.25, 0.3) is 11.8 Å². The van der Waals surface area contributed by atoms with Crippen molar-refractivity contribution < 1.29 is 9.59 Å². The number of nitrogens with one attached hydrogen (secondary N) is 2. The second kappa shape index (κ2) is 8.96. The van der Waals surface area contributed by atoms with Gasteiger partial charge < -0.3 is 16.4 Å². The third-order valence-corrected chi connectivity index (χ3v) is 5.42. The van der Waals surface area contributed by atoms with E-state index in [0.717, 1.165) is 19.6 Å². The molecule has 0 radical (unpaired) electrons. The number of rotatable bonds is 7. The van der Waals surface area contributed by atoms with E-state index in [-0.39, 0.29) is 11.6 Å². The molecule has 144 valence electrons. The zero-order valence-electron chi connectivity index (χ0n) is 15.5. The Bertz CT molecular complexity index is 797.